The first kappa shape index (κ1) is 19.0. The normalized spacial score (nSPS) is 9.93. The Kier molecular flexibility index (Phi) is 24.7. The lowest BCUT2D eigenvalue weighted by molar-refractivity contribution is -0.115. The quantitative estimate of drug-likeness (QED) is 0.439. The molecule has 88 valence electrons. The molecule has 1 atom stereocenters. The largest absolute Gasteiger partial charge is 0.379 e. The van der Waals surface area contributed by atoms with Crippen molar-refractivity contribution >= 4 is 6.41 Å². The average molecular weight is 207 g/mol. The first-order valence-electron chi connectivity index (χ1n) is 4.67. The monoisotopic (exact) mass is 207 g/mol. The summed E-state index contributed by atoms with van der Waals surface area (Å²) >= 11 is 0. The Labute approximate surface area is 87.1 Å². The summed E-state index contributed by atoms with van der Waals surface area (Å²) < 4.78 is 0. The van der Waals surface area contributed by atoms with Crippen molar-refractivity contribution < 1.29 is 9.90 Å². The van der Waals surface area contributed by atoms with E-state index in [2.05, 4.69) is 12.7 Å². The molecule has 0 radical (unpaired) electrons. The second-order valence-electron chi connectivity index (χ2n) is 2.95. The third-order valence-electron chi connectivity index (χ3n) is 0.768. The van der Waals surface area contributed by atoms with Crippen LogP contribution in [0.5, 0.6) is 0 Å². The molecule has 0 aliphatic rings. The SMILES string of the molecule is CC(N)O.CCCCN.CN(C)C=O. The molecule has 0 aromatic carbocycles. The van der Waals surface area contributed by atoms with Gasteiger partial charge in [-0.25, -0.2) is 0 Å². The molecular formula is C9H25N3O2. The van der Waals surface area contributed by atoms with Crippen molar-refractivity contribution in [2.45, 2.75) is 32.9 Å². The lowest BCUT2D eigenvalue weighted by Crippen LogP contribution is -2.11. The predicted molar refractivity (Wildman–Crippen MR) is 59.6 cm³/mol. The average Bonchev–Trinajstić information content (AvgIpc) is 2.06. The van der Waals surface area contributed by atoms with Gasteiger partial charge < -0.3 is 21.5 Å². The molecule has 0 aliphatic heterocycles. The Morgan fingerprint density at radius 3 is 1.79 bits per heavy atom. The van der Waals surface area contributed by atoms with Gasteiger partial charge in [0.05, 0.1) is 6.23 Å². The van der Waals surface area contributed by atoms with Crippen LogP contribution in [0.4, 0.5) is 0 Å². The zero-order valence-electron chi connectivity index (χ0n) is 9.73. The van der Waals surface area contributed by atoms with E-state index in [0.29, 0.717) is 0 Å². The maximum Gasteiger partial charge on any atom is 0.209 e. The third kappa shape index (κ3) is 108. The van der Waals surface area contributed by atoms with Crippen LogP contribution in [0.15, 0.2) is 0 Å². The third-order valence-corrected chi connectivity index (χ3v) is 0.768. The Morgan fingerprint density at radius 1 is 1.50 bits per heavy atom. The number of hydrogen-bond acceptors (Lipinski definition) is 4. The molecule has 1 unspecified atom stereocenters. The van der Waals surface area contributed by atoms with Gasteiger partial charge >= 0.3 is 0 Å². The van der Waals surface area contributed by atoms with E-state index in [9.17, 15) is 4.79 Å². The van der Waals surface area contributed by atoms with Gasteiger partial charge in [-0.15, -0.1) is 0 Å². The van der Waals surface area contributed by atoms with Gasteiger partial charge in [-0.3, -0.25) is 4.79 Å². The van der Waals surface area contributed by atoms with Gasteiger partial charge in [-0.05, 0) is 19.9 Å². The summed E-state index contributed by atoms with van der Waals surface area (Å²) in [5, 5.41) is 7.83. The lowest BCUT2D eigenvalue weighted by atomic mass is 10.3. The van der Waals surface area contributed by atoms with Crippen molar-refractivity contribution in [3.05, 3.63) is 0 Å². The molecule has 5 nitrogen and oxygen atoms in total. The van der Waals surface area contributed by atoms with Crippen LogP contribution in [0.25, 0.3) is 0 Å². The van der Waals surface area contributed by atoms with Gasteiger partial charge in [-0.1, -0.05) is 13.3 Å². The molecule has 0 aromatic rings. The minimum absolute atomic E-state index is 0.667. The second-order valence-corrected chi connectivity index (χ2v) is 2.95. The minimum atomic E-state index is -0.667. The van der Waals surface area contributed by atoms with Gasteiger partial charge in [0.15, 0.2) is 0 Å². The number of unbranched alkanes of at least 4 members (excludes halogenated alkanes) is 1. The van der Waals surface area contributed by atoms with Gasteiger partial charge in [0.2, 0.25) is 6.41 Å². The van der Waals surface area contributed by atoms with Crippen LogP contribution in [-0.4, -0.2) is 43.3 Å². The smallest absolute Gasteiger partial charge is 0.209 e. The predicted octanol–water partition coefficient (Wildman–Crippen LogP) is -0.267. The number of rotatable bonds is 3. The molecule has 0 spiro atoms. The van der Waals surface area contributed by atoms with Crippen molar-refractivity contribution in [2.75, 3.05) is 20.6 Å². The maximum absolute atomic E-state index is 9.43. The van der Waals surface area contributed by atoms with Crippen LogP contribution in [0.1, 0.15) is 26.7 Å². The fourth-order valence-corrected chi connectivity index (χ4v) is 0.204. The number of hydrogen-bond donors (Lipinski definition) is 3. The van der Waals surface area contributed by atoms with E-state index in [1.165, 1.54) is 24.7 Å². The molecule has 0 aromatic heterocycles. The zero-order valence-corrected chi connectivity index (χ0v) is 9.73. The highest BCUT2D eigenvalue weighted by atomic mass is 16.3. The highest BCUT2D eigenvalue weighted by Crippen LogP contribution is 1.77. The number of carbonyl (C=O) groups is 1. The lowest BCUT2D eigenvalue weighted by Gasteiger charge is -1.93. The van der Waals surface area contributed by atoms with Crippen molar-refractivity contribution in [3.63, 3.8) is 0 Å². The first-order chi connectivity index (χ1) is 6.42. The second kappa shape index (κ2) is 18.2. The van der Waals surface area contributed by atoms with Gasteiger partial charge in [0, 0.05) is 14.1 Å². The van der Waals surface area contributed by atoms with Crippen LogP contribution in [0.2, 0.25) is 0 Å². The Bertz CT molecular complexity index is 93.3. The molecule has 0 aliphatic carbocycles. The Hall–Kier alpha value is -0.650. The highest BCUT2D eigenvalue weighted by Gasteiger charge is 1.68. The number of nitrogens with zero attached hydrogens (tertiary/aromatic N) is 1. The molecule has 0 rings (SSSR count). The molecule has 0 saturated heterocycles. The van der Waals surface area contributed by atoms with Crippen LogP contribution >= 0.6 is 0 Å². The molecule has 0 saturated carbocycles. The Balaban J connectivity index is -0.000000131. The summed E-state index contributed by atoms with van der Waals surface area (Å²) in [7, 11) is 3.38. The number of aliphatic hydroxyl groups is 1. The number of aliphatic hydroxyl groups excluding tert-OH is 1. The van der Waals surface area contributed by atoms with E-state index in [0.717, 1.165) is 13.0 Å². The molecule has 0 heterocycles. The molecule has 5 N–H and O–H groups in total. The topological polar surface area (TPSA) is 92.6 Å². The fourth-order valence-electron chi connectivity index (χ4n) is 0.204. The summed E-state index contributed by atoms with van der Waals surface area (Å²) in [6, 6.07) is 0. The van der Waals surface area contributed by atoms with Gasteiger partial charge in [0.25, 0.3) is 0 Å². The van der Waals surface area contributed by atoms with Crippen LogP contribution in [0.3, 0.4) is 0 Å². The van der Waals surface area contributed by atoms with E-state index in [1.807, 2.05) is 0 Å². The standard InChI is InChI=1S/C4H11N.C3H7NO.C2H7NO/c1-2-3-4-5;1-4(2)3-5;1-2(3)4/h2-5H2,1H3;3H,1-2H3;2,4H,3H2,1H3. The van der Waals surface area contributed by atoms with Crippen molar-refractivity contribution in [1.82, 2.24) is 4.90 Å². The number of amides is 1. The summed E-state index contributed by atoms with van der Waals surface area (Å²) in [6.07, 6.45) is 2.47. The molecule has 5 heteroatoms. The zero-order chi connectivity index (χ0) is 12.0. The van der Waals surface area contributed by atoms with E-state index < -0.39 is 6.23 Å². The van der Waals surface area contributed by atoms with E-state index in [4.69, 9.17) is 10.8 Å². The number of nitrogens with two attached hydrogens (primary N) is 2. The summed E-state index contributed by atoms with van der Waals surface area (Å²) in [6.45, 7) is 4.48. The summed E-state index contributed by atoms with van der Waals surface area (Å²) in [5.74, 6) is 0. The first-order valence-corrected chi connectivity index (χ1v) is 4.67. The van der Waals surface area contributed by atoms with Crippen molar-refractivity contribution in [3.8, 4) is 0 Å². The molecule has 1 amide bonds. The van der Waals surface area contributed by atoms with E-state index in [1.54, 1.807) is 14.1 Å². The van der Waals surface area contributed by atoms with Gasteiger partial charge in [-0.2, -0.15) is 0 Å². The van der Waals surface area contributed by atoms with E-state index >= 15 is 0 Å². The number of carbonyl (C=O) groups excluding carboxylic acids is 1. The molecule has 0 bridgehead atoms. The van der Waals surface area contributed by atoms with E-state index in [-0.39, 0.29) is 0 Å². The van der Waals surface area contributed by atoms with Crippen molar-refractivity contribution in [1.29, 1.82) is 0 Å². The van der Waals surface area contributed by atoms with Crippen LogP contribution < -0.4 is 11.5 Å². The summed E-state index contributed by atoms with van der Waals surface area (Å²) in [5.41, 5.74) is 9.81. The molecular weight excluding hydrogens is 182 g/mol. The van der Waals surface area contributed by atoms with Crippen LogP contribution in [0, 0.1) is 0 Å². The van der Waals surface area contributed by atoms with Crippen molar-refractivity contribution in [2.24, 2.45) is 11.5 Å². The minimum Gasteiger partial charge on any atom is -0.379 e. The maximum atomic E-state index is 9.43. The highest BCUT2D eigenvalue weighted by molar-refractivity contribution is 5.45. The van der Waals surface area contributed by atoms with Crippen LogP contribution in [-0.2, 0) is 4.79 Å². The molecule has 14 heavy (non-hydrogen) atoms. The fraction of sp³-hybridized carbons (Fsp3) is 0.889. The molecule has 0 fully saturated rings. The Morgan fingerprint density at radius 2 is 1.79 bits per heavy atom. The summed E-state index contributed by atoms with van der Waals surface area (Å²) in [4.78, 5) is 10.9. The van der Waals surface area contributed by atoms with Gasteiger partial charge in [0.1, 0.15) is 0 Å².